The lowest BCUT2D eigenvalue weighted by atomic mass is 9.96. The number of urea groups is 1. The second-order valence-electron chi connectivity index (χ2n) is 5.09. The van der Waals surface area contributed by atoms with Gasteiger partial charge in [-0.15, -0.1) is 0 Å². The molecule has 2 N–H and O–H groups in total. The van der Waals surface area contributed by atoms with Crippen LogP contribution >= 0.6 is 0 Å². The molecule has 1 aromatic rings. The van der Waals surface area contributed by atoms with Crippen LogP contribution in [0.4, 0.5) is 9.18 Å². The molecule has 0 spiro atoms. The normalized spacial score (nSPS) is 15.7. The van der Waals surface area contributed by atoms with Crippen molar-refractivity contribution in [3.63, 3.8) is 0 Å². The Balaban J connectivity index is 1.75. The molecular weight excluding hydrogens is 259 g/mol. The second-order valence-corrected chi connectivity index (χ2v) is 5.09. The minimum absolute atomic E-state index is 0.0792. The van der Waals surface area contributed by atoms with Gasteiger partial charge in [0.2, 0.25) is 0 Å². The monoisotopic (exact) mass is 278 g/mol. The molecule has 0 saturated heterocycles. The molecule has 0 aliphatic heterocycles. The first kappa shape index (κ1) is 14.5. The van der Waals surface area contributed by atoms with Crippen molar-refractivity contribution in [2.24, 2.45) is 0 Å². The molecule has 1 aliphatic rings. The molecule has 1 aromatic carbocycles. The number of hydrogen-bond acceptors (Lipinski definition) is 2. The van der Waals surface area contributed by atoms with Gasteiger partial charge in [0.1, 0.15) is 5.82 Å². The van der Waals surface area contributed by atoms with Crippen molar-refractivity contribution in [1.29, 1.82) is 0 Å². The van der Waals surface area contributed by atoms with Gasteiger partial charge in [0.05, 0.1) is 6.54 Å². The molecule has 2 rings (SSSR count). The van der Waals surface area contributed by atoms with Crippen LogP contribution in [0, 0.1) is 5.82 Å². The average molecular weight is 278 g/mol. The lowest BCUT2D eigenvalue weighted by molar-refractivity contribution is 0.0992. The number of Topliss-reactive ketones (excluding diaryl/α,β-unsaturated/α-hetero) is 1. The highest BCUT2D eigenvalue weighted by atomic mass is 19.1. The molecule has 5 heteroatoms. The Morgan fingerprint density at radius 2 is 1.75 bits per heavy atom. The van der Waals surface area contributed by atoms with Crippen molar-refractivity contribution in [3.05, 3.63) is 35.6 Å². The number of nitrogens with one attached hydrogen (secondary N) is 2. The Bertz CT molecular complexity index is 467. The summed E-state index contributed by atoms with van der Waals surface area (Å²) >= 11 is 0. The van der Waals surface area contributed by atoms with E-state index in [0.717, 1.165) is 25.7 Å². The SMILES string of the molecule is O=C(NCC(=O)c1ccc(F)cc1)NC1CCCCC1. The van der Waals surface area contributed by atoms with Gasteiger partial charge < -0.3 is 10.6 Å². The van der Waals surface area contributed by atoms with Gasteiger partial charge in [-0.25, -0.2) is 9.18 Å². The molecule has 1 saturated carbocycles. The van der Waals surface area contributed by atoms with Crippen LogP contribution in [-0.4, -0.2) is 24.4 Å². The van der Waals surface area contributed by atoms with Crippen LogP contribution in [0.25, 0.3) is 0 Å². The number of hydrogen-bond donors (Lipinski definition) is 2. The van der Waals surface area contributed by atoms with Crippen molar-refractivity contribution in [1.82, 2.24) is 10.6 Å². The summed E-state index contributed by atoms with van der Waals surface area (Å²) in [4.78, 5) is 23.5. The number of benzene rings is 1. The van der Waals surface area contributed by atoms with E-state index in [9.17, 15) is 14.0 Å². The average Bonchev–Trinajstić information content (AvgIpc) is 2.46. The molecule has 0 unspecified atom stereocenters. The van der Waals surface area contributed by atoms with Crippen LogP contribution in [0.15, 0.2) is 24.3 Å². The Hall–Kier alpha value is -1.91. The number of carbonyl (C=O) groups is 2. The highest BCUT2D eigenvalue weighted by Crippen LogP contribution is 2.17. The summed E-state index contributed by atoms with van der Waals surface area (Å²) in [6.45, 7) is -0.0792. The third kappa shape index (κ3) is 4.33. The largest absolute Gasteiger partial charge is 0.335 e. The van der Waals surface area contributed by atoms with E-state index in [1.807, 2.05) is 0 Å². The smallest absolute Gasteiger partial charge is 0.315 e. The molecular formula is C15H19FN2O2. The molecule has 0 aromatic heterocycles. The molecule has 2 amide bonds. The van der Waals surface area contributed by atoms with E-state index in [4.69, 9.17) is 0 Å². The van der Waals surface area contributed by atoms with Gasteiger partial charge in [-0.2, -0.15) is 0 Å². The van der Waals surface area contributed by atoms with Crippen LogP contribution in [0.5, 0.6) is 0 Å². The minimum atomic E-state index is -0.385. The summed E-state index contributed by atoms with van der Waals surface area (Å²) in [5.41, 5.74) is 0.393. The van der Waals surface area contributed by atoms with E-state index < -0.39 is 0 Å². The Kier molecular flexibility index (Phi) is 5.09. The van der Waals surface area contributed by atoms with E-state index in [-0.39, 0.29) is 30.2 Å². The first-order chi connectivity index (χ1) is 9.65. The van der Waals surface area contributed by atoms with Crippen LogP contribution < -0.4 is 10.6 Å². The van der Waals surface area contributed by atoms with Crippen molar-refractivity contribution in [2.75, 3.05) is 6.54 Å². The zero-order valence-corrected chi connectivity index (χ0v) is 11.3. The summed E-state index contributed by atoms with van der Waals surface area (Å²) in [6, 6.07) is 5.19. The van der Waals surface area contributed by atoms with Gasteiger partial charge in [0, 0.05) is 11.6 Å². The van der Waals surface area contributed by atoms with Crippen LogP contribution in [0.1, 0.15) is 42.5 Å². The zero-order chi connectivity index (χ0) is 14.4. The topological polar surface area (TPSA) is 58.2 Å². The van der Waals surface area contributed by atoms with Gasteiger partial charge in [-0.1, -0.05) is 19.3 Å². The van der Waals surface area contributed by atoms with E-state index in [0.29, 0.717) is 5.56 Å². The van der Waals surface area contributed by atoms with E-state index in [2.05, 4.69) is 10.6 Å². The van der Waals surface area contributed by atoms with Crippen molar-refractivity contribution >= 4 is 11.8 Å². The standard InChI is InChI=1S/C15H19FN2O2/c16-12-8-6-11(7-9-12)14(19)10-17-15(20)18-13-4-2-1-3-5-13/h6-9,13H,1-5,10H2,(H2,17,18,20). The molecule has 1 aliphatic carbocycles. The summed E-state index contributed by atoms with van der Waals surface area (Å²) in [6.07, 6.45) is 5.50. The predicted molar refractivity (Wildman–Crippen MR) is 74.1 cm³/mol. The van der Waals surface area contributed by atoms with Crippen molar-refractivity contribution in [3.8, 4) is 0 Å². The molecule has 4 nitrogen and oxygen atoms in total. The van der Waals surface area contributed by atoms with Crippen molar-refractivity contribution < 1.29 is 14.0 Å². The fourth-order valence-electron chi connectivity index (χ4n) is 2.38. The van der Waals surface area contributed by atoms with Crippen LogP contribution in [0.3, 0.4) is 0 Å². The summed E-state index contributed by atoms with van der Waals surface area (Å²) < 4.78 is 12.7. The highest BCUT2D eigenvalue weighted by Gasteiger charge is 2.16. The molecule has 0 bridgehead atoms. The summed E-state index contributed by atoms with van der Waals surface area (Å²) in [5.74, 6) is -0.617. The van der Waals surface area contributed by atoms with E-state index in [1.165, 1.54) is 30.7 Å². The van der Waals surface area contributed by atoms with Crippen molar-refractivity contribution in [2.45, 2.75) is 38.1 Å². The fourth-order valence-corrected chi connectivity index (χ4v) is 2.38. The molecule has 0 heterocycles. The molecule has 0 atom stereocenters. The lowest BCUT2D eigenvalue weighted by Gasteiger charge is -2.22. The van der Waals surface area contributed by atoms with Crippen LogP contribution in [-0.2, 0) is 0 Å². The Morgan fingerprint density at radius 3 is 2.40 bits per heavy atom. The molecule has 1 fully saturated rings. The second kappa shape index (κ2) is 7.03. The maximum atomic E-state index is 12.7. The molecule has 20 heavy (non-hydrogen) atoms. The van der Waals surface area contributed by atoms with Gasteiger partial charge in [0.25, 0.3) is 0 Å². The Morgan fingerprint density at radius 1 is 1.10 bits per heavy atom. The highest BCUT2D eigenvalue weighted by molar-refractivity contribution is 5.99. The van der Waals surface area contributed by atoms with Gasteiger partial charge >= 0.3 is 6.03 Å². The number of halogens is 1. The van der Waals surface area contributed by atoms with E-state index >= 15 is 0 Å². The third-order valence-electron chi connectivity index (χ3n) is 3.52. The minimum Gasteiger partial charge on any atom is -0.335 e. The quantitative estimate of drug-likeness (QED) is 0.832. The number of rotatable bonds is 4. The first-order valence-corrected chi connectivity index (χ1v) is 6.98. The number of ketones is 1. The first-order valence-electron chi connectivity index (χ1n) is 6.98. The van der Waals surface area contributed by atoms with E-state index in [1.54, 1.807) is 0 Å². The predicted octanol–water partition coefficient (Wildman–Crippen LogP) is 2.64. The maximum absolute atomic E-state index is 12.7. The third-order valence-corrected chi connectivity index (χ3v) is 3.52. The molecule has 0 radical (unpaired) electrons. The van der Waals surface area contributed by atoms with Gasteiger partial charge in [-0.3, -0.25) is 4.79 Å². The van der Waals surface area contributed by atoms with Gasteiger partial charge in [-0.05, 0) is 37.1 Å². The molecule has 108 valence electrons. The Labute approximate surface area is 117 Å². The summed E-state index contributed by atoms with van der Waals surface area (Å²) in [7, 11) is 0. The number of amides is 2. The zero-order valence-electron chi connectivity index (χ0n) is 11.3. The summed E-state index contributed by atoms with van der Waals surface area (Å²) in [5, 5.41) is 5.42. The number of carbonyl (C=O) groups excluding carboxylic acids is 2. The maximum Gasteiger partial charge on any atom is 0.315 e. The van der Waals surface area contributed by atoms with Crippen LogP contribution in [0.2, 0.25) is 0 Å². The fraction of sp³-hybridized carbons (Fsp3) is 0.467. The lowest BCUT2D eigenvalue weighted by Crippen LogP contribution is -2.44. The van der Waals surface area contributed by atoms with Gasteiger partial charge in [0.15, 0.2) is 5.78 Å².